The second-order valence-corrected chi connectivity index (χ2v) is 8.05. The molecular formula is C15H13ClN2O2S2. The summed E-state index contributed by atoms with van der Waals surface area (Å²) in [5.74, 6) is 0. The highest BCUT2D eigenvalue weighted by atomic mass is 35.5. The number of para-hydroxylation sites is 1. The van der Waals surface area contributed by atoms with Gasteiger partial charge in [0, 0.05) is 5.02 Å². The summed E-state index contributed by atoms with van der Waals surface area (Å²) in [6, 6.07) is 10.7. The minimum Gasteiger partial charge on any atom is -0.255 e. The van der Waals surface area contributed by atoms with E-state index in [1.54, 1.807) is 26.0 Å². The van der Waals surface area contributed by atoms with Gasteiger partial charge in [0.15, 0.2) is 5.13 Å². The zero-order valence-electron chi connectivity index (χ0n) is 11.9. The predicted molar refractivity (Wildman–Crippen MR) is 91.4 cm³/mol. The molecule has 4 nitrogen and oxygen atoms in total. The molecule has 0 saturated carbocycles. The normalized spacial score (nSPS) is 11.8. The lowest BCUT2D eigenvalue weighted by atomic mass is 10.2. The maximum Gasteiger partial charge on any atom is 0.263 e. The lowest BCUT2D eigenvalue weighted by molar-refractivity contribution is 0.600. The number of benzene rings is 2. The van der Waals surface area contributed by atoms with Crippen LogP contribution >= 0.6 is 22.9 Å². The van der Waals surface area contributed by atoms with E-state index in [2.05, 4.69) is 9.71 Å². The smallest absolute Gasteiger partial charge is 0.255 e. The number of halogens is 1. The molecule has 0 aliphatic rings. The Labute approximate surface area is 137 Å². The number of nitrogens with one attached hydrogen (secondary N) is 1. The van der Waals surface area contributed by atoms with Gasteiger partial charge in [0.05, 0.1) is 15.1 Å². The van der Waals surface area contributed by atoms with Crippen LogP contribution in [-0.4, -0.2) is 13.4 Å². The first-order chi connectivity index (χ1) is 10.4. The Morgan fingerprint density at radius 3 is 2.59 bits per heavy atom. The second kappa shape index (κ2) is 5.53. The molecule has 22 heavy (non-hydrogen) atoms. The Balaban J connectivity index is 2.01. The number of aryl methyl sites for hydroxylation is 2. The van der Waals surface area contributed by atoms with Gasteiger partial charge < -0.3 is 0 Å². The topological polar surface area (TPSA) is 59.1 Å². The summed E-state index contributed by atoms with van der Waals surface area (Å²) in [5, 5.41) is 0.907. The highest BCUT2D eigenvalue weighted by molar-refractivity contribution is 7.93. The monoisotopic (exact) mass is 352 g/mol. The lowest BCUT2D eigenvalue weighted by Crippen LogP contribution is -2.14. The molecule has 0 atom stereocenters. The number of aromatic nitrogens is 1. The molecule has 0 amide bonds. The molecule has 0 unspecified atom stereocenters. The van der Waals surface area contributed by atoms with E-state index in [9.17, 15) is 8.42 Å². The van der Waals surface area contributed by atoms with Gasteiger partial charge in [-0.05, 0) is 49.2 Å². The van der Waals surface area contributed by atoms with Crippen molar-refractivity contribution in [1.29, 1.82) is 0 Å². The Morgan fingerprint density at radius 2 is 1.86 bits per heavy atom. The van der Waals surface area contributed by atoms with Gasteiger partial charge in [-0.3, -0.25) is 4.72 Å². The van der Waals surface area contributed by atoms with E-state index < -0.39 is 10.0 Å². The molecule has 3 aromatic rings. The number of sulfonamides is 1. The van der Waals surface area contributed by atoms with E-state index in [1.165, 1.54) is 11.3 Å². The van der Waals surface area contributed by atoms with E-state index in [1.807, 2.05) is 24.3 Å². The van der Waals surface area contributed by atoms with Gasteiger partial charge in [0.2, 0.25) is 0 Å². The number of hydrogen-bond donors (Lipinski definition) is 1. The standard InChI is InChI=1S/C15H13ClN2O2S2/c1-9-8-14(10(2)7-11(9)16)22(19,20)18-15-17-12-5-3-4-6-13(12)21-15/h3-8H,1-2H3,(H,17,18). The third-order valence-electron chi connectivity index (χ3n) is 3.26. The summed E-state index contributed by atoms with van der Waals surface area (Å²) in [7, 11) is -3.69. The lowest BCUT2D eigenvalue weighted by Gasteiger charge is -2.10. The van der Waals surface area contributed by atoms with E-state index in [0.29, 0.717) is 15.7 Å². The number of rotatable bonds is 3. The predicted octanol–water partition coefficient (Wildman–Crippen LogP) is 4.37. The van der Waals surface area contributed by atoms with Gasteiger partial charge in [0.25, 0.3) is 10.0 Å². The molecular weight excluding hydrogens is 340 g/mol. The second-order valence-electron chi connectivity index (χ2n) is 4.96. The first-order valence-corrected chi connectivity index (χ1v) is 9.20. The molecule has 0 bridgehead atoms. The van der Waals surface area contributed by atoms with E-state index >= 15 is 0 Å². The molecule has 0 saturated heterocycles. The van der Waals surface area contributed by atoms with Crippen LogP contribution in [0.1, 0.15) is 11.1 Å². The van der Waals surface area contributed by atoms with Crippen LogP contribution < -0.4 is 4.72 Å². The zero-order chi connectivity index (χ0) is 15.9. The summed E-state index contributed by atoms with van der Waals surface area (Å²) in [6.07, 6.45) is 0. The van der Waals surface area contributed by atoms with Gasteiger partial charge in [-0.2, -0.15) is 0 Å². The Kier molecular flexibility index (Phi) is 3.84. The van der Waals surface area contributed by atoms with Crippen LogP contribution in [0.3, 0.4) is 0 Å². The summed E-state index contributed by atoms with van der Waals surface area (Å²) in [4.78, 5) is 4.51. The van der Waals surface area contributed by atoms with Gasteiger partial charge >= 0.3 is 0 Å². The van der Waals surface area contributed by atoms with Crippen molar-refractivity contribution in [2.24, 2.45) is 0 Å². The SMILES string of the molecule is Cc1cc(S(=O)(=O)Nc2nc3ccccc3s2)c(C)cc1Cl. The summed E-state index contributed by atoms with van der Waals surface area (Å²) >= 11 is 7.33. The van der Waals surface area contributed by atoms with Crippen LogP contribution in [0.15, 0.2) is 41.3 Å². The van der Waals surface area contributed by atoms with Crippen molar-refractivity contribution in [3.05, 3.63) is 52.5 Å². The fourth-order valence-corrected chi connectivity index (χ4v) is 4.76. The van der Waals surface area contributed by atoms with Crippen LogP contribution in [0.25, 0.3) is 10.2 Å². The Morgan fingerprint density at radius 1 is 1.14 bits per heavy atom. The van der Waals surface area contributed by atoms with Crippen molar-refractivity contribution in [3.8, 4) is 0 Å². The van der Waals surface area contributed by atoms with Gasteiger partial charge in [-0.15, -0.1) is 0 Å². The molecule has 0 aliphatic carbocycles. The highest BCUT2D eigenvalue weighted by Crippen LogP contribution is 2.29. The van der Waals surface area contributed by atoms with Crippen LogP contribution in [0.5, 0.6) is 0 Å². The number of hydrogen-bond acceptors (Lipinski definition) is 4. The number of nitrogens with zero attached hydrogens (tertiary/aromatic N) is 1. The van der Waals surface area contributed by atoms with Crippen molar-refractivity contribution in [3.63, 3.8) is 0 Å². The first-order valence-electron chi connectivity index (χ1n) is 6.52. The van der Waals surface area contributed by atoms with Gasteiger partial charge in [-0.25, -0.2) is 13.4 Å². The van der Waals surface area contributed by atoms with E-state index in [4.69, 9.17) is 11.6 Å². The molecule has 1 N–H and O–H groups in total. The number of fused-ring (bicyclic) bond motifs is 1. The molecule has 1 aromatic heterocycles. The van der Waals surface area contributed by atoms with Crippen LogP contribution in [0.4, 0.5) is 5.13 Å². The number of thiazole rings is 1. The van der Waals surface area contributed by atoms with Crippen LogP contribution in [-0.2, 0) is 10.0 Å². The van der Waals surface area contributed by atoms with Crippen molar-refractivity contribution in [1.82, 2.24) is 4.98 Å². The highest BCUT2D eigenvalue weighted by Gasteiger charge is 2.20. The van der Waals surface area contributed by atoms with E-state index in [-0.39, 0.29) is 4.90 Å². The Hall–Kier alpha value is -1.63. The van der Waals surface area contributed by atoms with Gasteiger partial charge in [0.1, 0.15) is 0 Å². The molecule has 7 heteroatoms. The Bertz CT molecular complexity index is 932. The van der Waals surface area contributed by atoms with Crippen molar-refractivity contribution in [2.45, 2.75) is 18.7 Å². The molecule has 0 spiro atoms. The molecule has 0 radical (unpaired) electrons. The largest absolute Gasteiger partial charge is 0.263 e. The summed E-state index contributed by atoms with van der Waals surface area (Å²) in [6.45, 7) is 3.50. The summed E-state index contributed by atoms with van der Waals surface area (Å²) in [5.41, 5.74) is 2.09. The summed E-state index contributed by atoms with van der Waals surface area (Å²) < 4.78 is 28.6. The van der Waals surface area contributed by atoms with Crippen molar-refractivity contribution < 1.29 is 8.42 Å². The third-order valence-corrected chi connectivity index (χ3v) is 6.23. The minimum absolute atomic E-state index is 0.216. The zero-order valence-corrected chi connectivity index (χ0v) is 14.3. The molecule has 0 fully saturated rings. The number of anilines is 1. The quantitative estimate of drug-likeness (QED) is 0.761. The average Bonchev–Trinajstić information content (AvgIpc) is 2.83. The average molecular weight is 353 g/mol. The van der Waals surface area contributed by atoms with Crippen molar-refractivity contribution >= 4 is 48.3 Å². The minimum atomic E-state index is -3.69. The first kappa shape index (κ1) is 15.3. The van der Waals surface area contributed by atoms with Crippen LogP contribution in [0, 0.1) is 13.8 Å². The molecule has 2 aromatic carbocycles. The fourth-order valence-electron chi connectivity index (χ4n) is 2.13. The maximum absolute atomic E-state index is 12.6. The molecule has 114 valence electrons. The van der Waals surface area contributed by atoms with Crippen molar-refractivity contribution in [2.75, 3.05) is 4.72 Å². The maximum atomic E-state index is 12.6. The van der Waals surface area contributed by atoms with Gasteiger partial charge in [-0.1, -0.05) is 35.1 Å². The molecule has 1 heterocycles. The van der Waals surface area contributed by atoms with E-state index in [0.717, 1.165) is 15.8 Å². The third kappa shape index (κ3) is 2.82. The van der Waals surface area contributed by atoms with Crippen LogP contribution in [0.2, 0.25) is 5.02 Å². The molecule has 0 aliphatic heterocycles. The molecule has 3 rings (SSSR count). The fraction of sp³-hybridized carbons (Fsp3) is 0.133.